The number of imidazole rings is 1. The Kier molecular flexibility index (Phi) is 5.28. The number of pyridine rings is 2. The second-order valence-electron chi connectivity index (χ2n) is 8.39. The maximum Gasteiger partial charge on any atom is 0.163 e. The zero-order valence-corrected chi connectivity index (χ0v) is 18.5. The zero-order chi connectivity index (χ0) is 22.3. The Morgan fingerprint density at radius 1 is 1.22 bits per heavy atom. The van der Waals surface area contributed by atoms with Gasteiger partial charge in [-0.05, 0) is 38.5 Å². The van der Waals surface area contributed by atoms with E-state index in [1.807, 2.05) is 45.2 Å². The lowest BCUT2D eigenvalue weighted by atomic mass is 10.0. The minimum absolute atomic E-state index is 0.0955. The molecule has 0 radical (unpaired) electrons. The summed E-state index contributed by atoms with van der Waals surface area (Å²) in [5.41, 5.74) is 10.9. The number of aromatic nitrogens is 4. The van der Waals surface area contributed by atoms with Gasteiger partial charge in [-0.3, -0.25) is 4.98 Å². The third-order valence-corrected chi connectivity index (χ3v) is 5.67. The van der Waals surface area contributed by atoms with E-state index in [1.165, 1.54) is 0 Å². The van der Waals surface area contributed by atoms with Gasteiger partial charge in [-0.25, -0.2) is 9.97 Å². The van der Waals surface area contributed by atoms with Crippen molar-refractivity contribution in [2.45, 2.75) is 45.8 Å². The first-order chi connectivity index (χ1) is 15.4. The number of nitrogen functional groups attached to an aromatic ring is 1. The number of anilines is 1. The number of hydrogen-bond donors (Lipinski definition) is 1. The summed E-state index contributed by atoms with van der Waals surface area (Å²) in [5, 5.41) is 0.982. The highest BCUT2D eigenvalue weighted by Gasteiger charge is 2.33. The molecule has 0 bridgehead atoms. The highest BCUT2D eigenvalue weighted by Crippen LogP contribution is 2.33. The van der Waals surface area contributed by atoms with Crippen LogP contribution in [0.15, 0.2) is 42.7 Å². The summed E-state index contributed by atoms with van der Waals surface area (Å²) < 4.78 is 19.7. The molecule has 1 aliphatic heterocycles. The molecular formula is C24H27N5O3. The highest BCUT2D eigenvalue weighted by atomic mass is 16.7. The fourth-order valence-corrected chi connectivity index (χ4v) is 4.23. The molecule has 0 saturated carbocycles. The van der Waals surface area contributed by atoms with Crippen molar-refractivity contribution in [3.05, 3.63) is 48.5 Å². The van der Waals surface area contributed by atoms with Gasteiger partial charge in [0.1, 0.15) is 24.1 Å². The monoisotopic (exact) mass is 433 g/mol. The predicted molar refractivity (Wildman–Crippen MR) is 123 cm³/mol. The van der Waals surface area contributed by atoms with E-state index in [0.717, 1.165) is 33.4 Å². The Hall–Kier alpha value is -3.07. The zero-order valence-electron chi connectivity index (χ0n) is 18.5. The fourth-order valence-electron chi connectivity index (χ4n) is 4.23. The van der Waals surface area contributed by atoms with Crippen LogP contribution in [0.2, 0.25) is 0 Å². The van der Waals surface area contributed by atoms with E-state index in [-0.39, 0.29) is 6.10 Å². The number of fused-ring (bicyclic) bond motifs is 3. The third-order valence-electron chi connectivity index (χ3n) is 5.67. The summed E-state index contributed by atoms with van der Waals surface area (Å²) in [6, 6.07) is 10.1. The Morgan fingerprint density at radius 3 is 2.81 bits per heavy atom. The Balaban J connectivity index is 1.66. The molecule has 2 N–H and O–H groups in total. The van der Waals surface area contributed by atoms with E-state index in [9.17, 15) is 0 Å². The van der Waals surface area contributed by atoms with Crippen molar-refractivity contribution in [1.82, 2.24) is 19.5 Å². The van der Waals surface area contributed by atoms with Crippen molar-refractivity contribution in [2.75, 3.05) is 18.9 Å². The maximum absolute atomic E-state index is 6.38. The minimum Gasteiger partial charge on any atom is -0.382 e. The van der Waals surface area contributed by atoms with Crippen LogP contribution >= 0.6 is 0 Å². The first-order valence-electron chi connectivity index (χ1n) is 10.8. The number of ether oxygens (including phenoxy) is 3. The summed E-state index contributed by atoms with van der Waals surface area (Å²) in [4.78, 5) is 13.7. The molecule has 4 heterocycles. The molecular weight excluding hydrogens is 406 g/mol. The predicted octanol–water partition coefficient (Wildman–Crippen LogP) is 3.92. The molecule has 1 saturated heterocycles. The van der Waals surface area contributed by atoms with Crippen LogP contribution in [0.25, 0.3) is 33.1 Å². The van der Waals surface area contributed by atoms with Gasteiger partial charge < -0.3 is 24.5 Å². The average Bonchev–Trinajstić information content (AvgIpc) is 3.32. The molecule has 0 unspecified atom stereocenters. The third kappa shape index (κ3) is 3.81. The van der Waals surface area contributed by atoms with Gasteiger partial charge in [0.2, 0.25) is 0 Å². The van der Waals surface area contributed by atoms with Crippen LogP contribution in [0.1, 0.15) is 26.6 Å². The summed E-state index contributed by atoms with van der Waals surface area (Å²) >= 11 is 0. The van der Waals surface area contributed by atoms with E-state index < -0.39 is 5.79 Å². The van der Waals surface area contributed by atoms with Gasteiger partial charge in [0.15, 0.2) is 11.6 Å². The molecule has 1 aliphatic rings. The molecule has 166 valence electrons. The molecule has 32 heavy (non-hydrogen) atoms. The van der Waals surface area contributed by atoms with Crippen molar-refractivity contribution in [3.63, 3.8) is 0 Å². The summed E-state index contributed by atoms with van der Waals surface area (Å²) in [6.45, 7) is 7.91. The molecule has 0 aliphatic carbocycles. The average molecular weight is 434 g/mol. The van der Waals surface area contributed by atoms with E-state index in [0.29, 0.717) is 37.7 Å². The van der Waals surface area contributed by atoms with Crippen LogP contribution < -0.4 is 5.73 Å². The molecule has 8 nitrogen and oxygen atoms in total. The molecule has 0 amide bonds. The fraction of sp³-hybridized carbons (Fsp3) is 0.375. The van der Waals surface area contributed by atoms with Crippen LogP contribution in [-0.2, 0) is 27.4 Å². The molecule has 1 fully saturated rings. The second kappa shape index (κ2) is 8.12. The van der Waals surface area contributed by atoms with E-state index in [1.54, 1.807) is 6.20 Å². The summed E-state index contributed by atoms with van der Waals surface area (Å²) in [5.74, 6) is 0.603. The quantitative estimate of drug-likeness (QED) is 0.492. The van der Waals surface area contributed by atoms with Gasteiger partial charge >= 0.3 is 0 Å². The standard InChI is InChI=1S/C24H27N5O3/c1-4-30-14-20-28-21-22(29(20)12-17-13-31-24(2,3)32-17)18-8-7-15(10-19(18)27-23(21)25)16-6-5-9-26-11-16/h5-11,17H,4,12-14H2,1-3H3,(H2,25,27)/t17-/m0/s1. The molecule has 8 heteroatoms. The van der Waals surface area contributed by atoms with Crippen LogP contribution in [-0.4, -0.2) is 44.6 Å². The maximum atomic E-state index is 6.38. The van der Waals surface area contributed by atoms with Crippen molar-refractivity contribution < 1.29 is 14.2 Å². The number of nitrogens with two attached hydrogens (primary N) is 1. The lowest BCUT2D eigenvalue weighted by Gasteiger charge is -2.18. The highest BCUT2D eigenvalue weighted by molar-refractivity contribution is 6.07. The molecule has 1 aromatic carbocycles. The number of benzene rings is 1. The van der Waals surface area contributed by atoms with Gasteiger partial charge in [0.25, 0.3) is 0 Å². The Morgan fingerprint density at radius 2 is 2.09 bits per heavy atom. The molecule has 0 spiro atoms. The van der Waals surface area contributed by atoms with Gasteiger partial charge in [-0.2, -0.15) is 0 Å². The molecule has 1 atom stereocenters. The van der Waals surface area contributed by atoms with Crippen molar-refractivity contribution in [1.29, 1.82) is 0 Å². The molecule has 5 rings (SSSR count). The van der Waals surface area contributed by atoms with E-state index in [2.05, 4.69) is 26.7 Å². The molecule has 3 aromatic heterocycles. The summed E-state index contributed by atoms with van der Waals surface area (Å²) in [7, 11) is 0. The van der Waals surface area contributed by atoms with Gasteiger partial charge in [-0.15, -0.1) is 0 Å². The second-order valence-corrected chi connectivity index (χ2v) is 8.39. The van der Waals surface area contributed by atoms with E-state index in [4.69, 9.17) is 24.9 Å². The normalized spacial score (nSPS) is 18.0. The first kappa shape index (κ1) is 20.8. The van der Waals surface area contributed by atoms with Crippen LogP contribution in [0, 0.1) is 0 Å². The van der Waals surface area contributed by atoms with Gasteiger partial charge in [0.05, 0.1) is 24.2 Å². The minimum atomic E-state index is -0.595. The first-order valence-corrected chi connectivity index (χ1v) is 10.8. The lowest BCUT2D eigenvalue weighted by Crippen LogP contribution is -2.25. The number of hydrogen-bond acceptors (Lipinski definition) is 7. The smallest absolute Gasteiger partial charge is 0.163 e. The lowest BCUT2D eigenvalue weighted by molar-refractivity contribution is -0.139. The van der Waals surface area contributed by atoms with Crippen LogP contribution in [0.3, 0.4) is 0 Å². The van der Waals surface area contributed by atoms with Gasteiger partial charge in [0, 0.05) is 30.0 Å². The number of rotatable bonds is 6. The molecule has 4 aromatic rings. The number of nitrogens with zero attached hydrogens (tertiary/aromatic N) is 4. The largest absolute Gasteiger partial charge is 0.382 e. The Bertz CT molecular complexity index is 1270. The summed E-state index contributed by atoms with van der Waals surface area (Å²) in [6.07, 6.45) is 3.51. The van der Waals surface area contributed by atoms with Crippen LogP contribution in [0.5, 0.6) is 0 Å². The van der Waals surface area contributed by atoms with Crippen LogP contribution in [0.4, 0.5) is 5.82 Å². The SMILES string of the molecule is CCOCc1nc2c(N)nc3cc(-c4cccnc4)ccc3c2n1C[C@H]1COC(C)(C)O1. The topological polar surface area (TPSA) is 97.3 Å². The van der Waals surface area contributed by atoms with Gasteiger partial charge in [-0.1, -0.05) is 18.2 Å². The van der Waals surface area contributed by atoms with Crippen molar-refractivity contribution in [3.8, 4) is 11.1 Å². The van der Waals surface area contributed by atoms with E-state index >= 15 is 0 Å². The Labute approximate surface area is 186 Å². The van der Waals surface area contributed by atoms with Crippen molar-refractivity contribution >= 4 is 27.8 Å². The van der Waals surface area contributed by atoms with Crippen molar-refractivity contribution in [2.24, 2.45) is 0 Å².